The van der Waals surface area contributed by atoms with Crippen LogP contribution in [0.3, 0.4) is 0 Å². The second-order valence-electron chi connectivity index (χ2n) is 5.35. The van der Waals surface area contributed by atoms with Crippen molar-refractivity contribution < 1.29 is 9.53 Å². The van der Waals surface area contributed by atoms with Gasteiger partial charge in [-0.05, 0) is 44.0 Å². The van der Waals surface area contributed by atoms with Crippen molar-refractivity contribution in [3.63, 3.8) is 0 Å². The van der Waals surface area contributed by atoms with Crippen molar-refractivity contribution in [2.75, 3.05) is 32.8 Å². The summed E-state index contributed by atoms with van der Waals surface area (Å²) in [6.45, 7) is 8.08. The molecule has 1 aromatic carbocycles. The molecule has 1 aromatic rings. The Bertz CT molecular complexity index is 458. The van der Waals surface area contributed by atoms with Crippen molar-refractivity contribution in [3.8, 4) is 5.75 Å². The molecule has 0 spiro atoms. The molecule has 118 valence electrons. The van der Waals surface area contributed by atoms with Gasteiger partial charge in [-0.25, -0.2) is 0 Å². The van der Waals surface area contributed by atoms with Gasteiger partial charge in [-0.15, -0.1) is 12.4 Å². The molecule has 1 fully saturated rings. The van der Waals surface area contributed by atoms with Gasteiger partial charge in [-0.1, -0.05) is 12.1 Å². The van der Waals surface area contributed by atoms with E-state index in [-0.39, 0.29) is 18.3 Å². The lowest BCUT2D eigenvalue weighted by molar-refractivity contribution is -0.131. The number of carbonyl (C=O) groups excluding carboxylic acids is 1. The molecule has 0 bridgehead atoms. The second kappa shape index (κ2) is 8.90. The van der Waals surface area contributed by atoms with Gasteiger partial charge in [0.2, 0.25) is 5.91 Å². The van der Waals surface area contributed by atoms with Crippen molar-refractivity contribution >= 4 is 18.3 Å². The predicted molar refractivity (Wildman–Crippen MR) is 87.3 cm³/mol. The van der Waals surface area contributed by atoms with Crippen LogP contribution in [-0.4, -0.2) is 43.6 Å². The fourth-order valence-electron chi connectivity index (χ4n) is 2.36. The summed E-state index contributed by atoms with van der Waals surface area (Å²) in [5, 5.41) is 3.30. The van der Waals surface area contributed by atoms with Crippen molar-refractivity contribution in [1.29, 1.82) is 0 Å². The van der Waals surface area contributed by atoms with E-state index in [1.165, 1.54) is 5.56 Å². The third-order valence-electron chi connectivity index (χ3n) is 3.61. The first-order valence-electron chi connectivity index (χ1n) is 7.35. The van der Waals surface area contributed by atoms with Crippen LogP contribution in [0.1, 0.15) is 24.0 Å². The van der Waals surface area contributed by atoms with Gasteiger partial charge in [0.05, 0.1) is 13.0 Å². The highest BCUT2D eigenvalue weighted by molar-refractivity contribution is 5.85. The Hall–Kier alpha value is -1.26. The largest absolute Gasteiger partial charge is 0.493 e. The van der Waals surface area contributed by atoms with Gasteiger partial charge >= 0.3 is 0 Å². The van der Waals surface area contributed by atoms with Crippen LogP contribution in [-0.2, 0) is 4.79 Å². The van der Waals surface area contributed by atoms with Crippen LogP contribution in [0.15, 0.2) is 18.2 Å². The number of nitrogens with one attached hydrogen (secondary N) is 1. The third kappa shape index (κ3) is 5.56. The van der Waals surface area contributed by atoms with E-state index in [0.29, 0.717) is 13.0 Å². The zero-order valence-electron chi connectivity index (χ0n) is 12.9. The summed E-state index contributed by atoms with van der Waals surface area (Å²) in [7, 11) is 0. The van der Waals surface area contributed by atoms with E-state index in [1.54, 1.807) is 0 Å². The molecule has 0 aliphatic carbocycles. The molecule has 0 aromatic heterocycles. The normalized spacial score (nSPS) is 15.0. The van der Waals surface area contributed by atoms with Crippen molar-refractivity contribution in [2.24, 2.45) is 0 Å². The Morgan fingerprint density at radius 2 is 2.10 bits per heavy atom. The summed E-state index contributed by atoms with van der Waals surface area (Å²) >= 11 is 0. The molecule has 0 atom stereocenters. The minimum Gasteiger partial charge on any atom is -0.493 e. The van der Waals surface area contributed by atoms with Crippen molar-refractivity contribution in [2.45, 2.75) is 26.7 Å². The van der Waals surface area contributed by atoms with Crippen LogP contribution in [0.4, 0.5) is 0 Å². The van der Waals surface area contributed by atoms with Gasteiger partial charge in [0, 0.05) is 19.6 Å². The fraction of sp³-hybridized carbons (Fsp3) is 0.562. The maximum Gasteiger partial charge on any atom is 0.226 e. The first-order valence-corrected chi connectivity index (χ1v) is 7.35. The summed E-state index contributed by atoms with van der Waals surface area (Å²) in [4.78, 5) is 14.0. The van der Waals surface area contributed by atoms with E-state index in [4.69, 9.17) is 4.74 Å². The molecule has 1 aliphatic rings. The van der Waals surface area contributed by atoms with E-state index in [0.717, 1.165) is 43.9 Å². The summed E-state index contributed by atoms with van der Waals surface area (Å²) in [5.41, 5.74) is 2.29. The first kappa shape index (κ1) is 17.8. The lowest BCUT2D eigenvalue weighted by Crippen LogP contribution is -2.34. The Balaban J connectivity index is 0.00000220. The molecule has 0 saturated carbocycles. The topological polar surface area (TPSA) is 41.6 Å². The van der Waals surface area contributed by atoms with Crippen LogP contribution in [0.25, 0.3) is 0 Å². The standard InChI is InChI=1S/C16H24N2O2.ClH/c1-13-4-5-14(2)15(12-13)20-11-6-16(19)18-9-3-7-17-8-10-18;/h4-5,12,17H,3,6-11H2,1-2H3;1H. The average Bonchev–Trinajstić information content (AvgIpc) is 2.71. The van der Waals surface area contributed by atoms with E-state index in [9.17, 15) is 4.79 Å². The minimum atomic E-state index is 0. The molecule has 0 unspecified atom stereocenters. The third-order valence-corrected chi connectivity index (χ3v) is 3.61. The van der Waals surface area contributed by atoms with E-state index < -0.39 is 0 Å². The number of ether oxygens (including phenoxy) is 1. The highest BCUT2D eigenvalue weighted by atomic mass is 35.5. The highest BCUT2D eigenvalue weighted by Crippen LogP contribution is 2.19. The van der Waals surface area contributed by atoms with Gasteiger partial charge < -0.3 is 15.0 Å². The number of aryl methyl sites for hydroxylation is 2. The van der Waals surface area contributed by atoms with Gasteiger partial charge in [-0.2, -0.15) is 0 Å². The fourth-order valence-corrected chi connectivity index (χ4v) is 2.36. The maximum absolute atomic E-state index is 12.1. The van der Waals surface area contributed by atoms with Crippen LogP contribution in [0.2, 0.25) is 0 Å². The molecule has 1 amide bonds. The van der Waals surface area contributed by atoms with Gasteiger partial charge in [0.1, 0.15) is 5.75 Å². The summed E-state index contributed by atoms with van der Waals surface area (Å²) in [6.07, 6.45) is 1.48. The summed E-state index contributed by atoms with van der Waals surface area (Å²) in [5.74, 6) is 1.08. The molecule has 21 heavy (non-hydrogen) atoms. The molecular weight excluding hydrogens is 288 g/mol. The molecule has 1 heterocycles. The molecule has 5 heteroatoms. The van der Waals surface area contributed by atoms with E-state index in [2.05, 4.69) is 11.4 Å². The Morgan fingerprint density at radius 3 is 2.90 bits per heavy atom. The van der Waals surface area contributed by atoms with Gasteiger partial charge in [0.25, 0.3) is 0 Å². The molecule has 0 radical (unpaired) electrons. The molecule has 2 rings (SSSR count). The second-order valence-corrected chi connectivity index (χ2v) is 5.35. The lowest BCUT2D eigenvalue weighted by atomic mass is 10.1. The average molecular weight is 313 g/mol. The van der Waals surface area contributed by atoms with Crippen LogP contribution in [0.5, 0.6) is 5.75 Å². The monoisotopic (exact) mass is 312 g/mol. The Labute approximate surface area is 133 Å². The van der Waals surface area contributed by atoms with Crippen LogP contribution in [0, 0.1) is 13.8 Å². The SMILES string of the molecule is Cc1ccc(C)c(OCCC(=O)N2CCCNCC2)c1.Cl. The smallest absolute Gasteiger partial charge is 0.226 e. The minimum absolute atomic E-state index is 0. The number of carbonyl (C=O) groups is 1. The molecule has 4 nitrogen and oxygen atoms in total. The Morgan fingerprint density at radius 1 is 1.29 bits per heavy atom. The zero-order valence-corrected chi connectivity index (χ0v) is 13.7. The lowest BCUT2D eigenvalue weighted by Gasteiger charge is -2.20. The van der Waals surface area contributed by atoms with Crippen LogP contribution < -0.4 is 10.1 Å². The predicted octanol–water partition coefficient (Wildman–Crippen LogP) is 2.32. The van der Waals surface area contributed by atoms with Gasteiger partial charge in [-0.3, -0.25) is 4.79 Å². The van der Waals surface area contributed by atoms with E-state index >= 15 is 0 Å². The first-order chi connectivity index (χ1) is 9.66. The number of amides is 1. The number of benzene rings is 1. The van der Waals surface area contributed by atoms with Crippen molar-refractivity contribution in [3.05, 3.63) is 29.3 Å². The Kier molecular flexibility index (Phi) is 7.54. The quantitative estimate of drug-likeness (QED) is 0.927. The molecule has 1 N–H and O–H groups in total. The molecule has 1 aliphatic heterocycles. The summed E-state index contributed by atoms with van der Waals surface area (Å²) < 4.78 is 5.75. The number of hydrogen-bond acceptors (Lipinski definition) is 3. The summed E-state index contributed by atoms with van der Waals surface area (Å²) in [6, 6.07) is 6.14. The van der Waals surface area contributed by atoms with Crippen LogP contribution >= 0.6 is 12.4 Å². The zero-order chi connectivity index (χ0) is 14.4. The molecule has 1 saturated heterocycles. The van der Waals surface area contributed by atoms with E-state index in [1.807, 2.05) is 30.9 Å². The number of halogens is 1. The molecular formula is C16H25ClN2O2. The van der Waals surface area contributed by atoms with Crippen molar-refractivity contribution in [1.82, 2.24) is 10.2 Å². The van der Waals surface area contributed by atoms with Gasteiger partial charge in [0.15, 0.2) is 0 Å². The number of rotatable bonds is 4. The number of hydrogen-bond donors (Lipinski definition) is 1. The number of nitrogens with zero attached hydrogens (tertiary/aromatic N) is 1. The maximum atomic E-state index is 12.1. The highest BCUT2D eigenvalue weighted by Gasteiger charge is 2.15.